The van der Waals surface area contributed by atoms with Gasteiger partial charge in [0.25, 0.3) is 0 Å². The van der Waals surface area contributed by atoms with Gasteiger partial charge >= 0.3 is 5.97 Å². The molecule has 27 heavy (non-hydrogen) atoms. The maximum Gasteiger partial charge on any atom is 0.307 e. The van der Waals surface area contributed by atoms with Crippen molar-refractivity contribution in [1.82, 2.24) is 0 Å². The Morgan fingerprint density at radius 3 is 2.22 bits per heavy atom. The number of carboxylic acid groups (broad SMARTS) is 1. The predicted octanol–water partition coefficient (Wildman–Crippen LogP) is 4.87. The highest BCUT2D eigenvalue weighted by atomic mass is 16.5. The van der Waals surface area contributed by atoms with Gasteiger partial charge in [-0.25, -0.2) is 0 Å². The molecule has 1 aromatic carbocycles. The Balaban J connectivity index is 1.46. The minimum absolute atomic E-state index is 0.187. The number of hydrogen-bond donors (Lipinski definition) is 2. The van der Waals surface area contributed by atoms with Crippen molar-refractivity contribution in [2.45, 2.75) is 64.2 Å². The molecule has 2 aliphatic carbocycles. The second-order valence-corrected chi connectivity index (χ2v) is 7.99. The van der Waals surface area contributed by atoms with Gasteiger partial charge in [0, 0.05) is 5.69 Å². The summed E-state index contributed by atoms with van der Waals surface area (Å²) < 4.78 is 5.84. The van der Waals surface area contributed by atoms with Gasteiger partial charge in [0.2, 0.25) is 5.91 Å². The molecule has 3 rings (SSSR count). The first-order valence-corrected chi connectivity index (χ1v) is 10.4. The molecule has 0 radical (unpaired) electrons. The fourth-order valence-corrected chi connectivity index (χ4v) is 4.43. The minimum atomic E-state index is -0.864. The lowest BCUT2D eigenvalue weighted by Crippen LogP contribution is -2.36. The van der Waals surface area contributed by atoms with E-state index >= 15 is 0 Å². The van der Waals surface area contributed by atoms with Gasteiger partial charge in [0.1, 0.15) is 5.75 Å². The monoisotopic (exact) mass is 373 g/mol. The van der Waals surface area contributed by atoms with E-state index < -0.39 is 17.8 Å². The average Bonchev–Trinajstić information content (AvgIpc) is 2.70. The highest BCUT2D eigenvalue weighted by Gasteiger charge is 2.35. The topological polar surface area (TPSA) is 75.6 Å². The highest BCUT2D eigenvalue weighted by Crippen LogP contribution is 2.31. The third kappa shape index (κ3) is 5.72. The summed E-state index contributed by atoms with van der Waals surface area (Å²) in [6.07, 6.45) is 10.9. The van der Waals surface area contributed by atoms with E-state index in [-0.39, 0.29) is 5.91 Å². The maximum atomic E-state index is 12.5. The molecule has 2 atom stereocenters. The SMILES string of the molecule is O=C(Nc1ccc(OCCC2CCCCC2)cc1)[C@H]1CCCC[C@H]1C(=O)O. The van der Waals surface area contributed by atoms with Crippen molar-refractivity contribution in [3.8, 4) is 5.75 Å². The zero-order valence-electron chi connectivity index (χ0n) is 16.0. The summed E-state index contributed by atoms with van der Waals surface area (Å²) in [6, 6.07) is 7.39. The molecule has 2 saturated carbocycles. The number of aliphatic carboxylic acids is 1. The largest absolute Gasteiger partial charge is 0.494 e. The number of rotatable bonds is 7. The normalized spacial score (nSPS) is 23.6. The summed E-state index contributed by atoms with van der Waals surface area (Å²) in [4.78, 5) is 23.9. The third-order valence-electron chi connectivity index (χ3n) is 6.06. The molecule has 2 fully saturated rings. The molecule has 0 aliphatic heterocycles. The van der Waals surface area contributed by atoms with E-state index in [0.29, 0.717) is 18.5 Å². The van der Waals surface area contributed by atoms with Crippen LogP contribution in [0.2, 0.25) is 0 Å². The lowest BCUT2D eigenvalue weighted by atomic mass is 9.78. The number of nitrogens with one attached hydrogen (secondary N) is 1. The van der Waals surface area contributed by atoms with Gasteiger partial charge < -0.3 is 15.2 Å². The van der Waals surface area contributed by atoms with Crippen LogP contribution in [0.4, 0.5) is 5.69 Å². The standard InChI is InChI=1S/C22H31NO4/c24-21(19-8-4-5-9-20(19)22(25)26)23-17-10-12-18(13-11-17)27-15-14-16-6-2-1-3-7-16/h10-13,16,19-20H,1-9,14-15H2,(H,23,24)(H,25,26)/t19-,20+/m0/s1. The van der Waals surface area contributed by atoms with Crippen LogP contribution in [0.3, 0.4) is 0 Å². The molecule has 5 nitrogen and oxygen atoms in total. The van der Waals surface area contributed by atoms with Crippen LogP contribution in [0.5, 0.6) is 5.75 Å². The number of amides is 1. The second kappa shape index (κ2) is 9.77. The molecule has 1 aromatic rings. The van der Waals surface area contributed by atoms with Crippen LogP contribution in [0.1, 0.15) is 64.2 Å². The lowest BCUT2D eigenvalue weighted by Gasteiger charge is -2.27. The second-order valence-electron chi connectivity index (χ2n) is 7.99. The Kier molecular flexibility index (Phi) is 7.13. The van der Waals surface area contributed by atoms with Gasteiger partial charge in [-0.15, -0.1) is 0 Å². The highest BCUT2D eigenvalue weighted by molar-refractivity contribution is 5.95. The molecular weight excluding hydrogens is 342 g/mol. The maximum absolute atomic E-state index is 12.5. The molecule has 0 heterocycles. The lowest BCUT2D eigenvalue weighted by molar-refractivity contribution is -0.147. The van der Waals surface area contributed by atoms with Gasteiger partial charge in [0.05, 0.1) is 18.4 Å². The summed E-state index contributed by atoms with van der Waals surface area (Å²) in [6.45, 7) is 0.735. The van der Waals surface area contributed by atoms with Crippen molar-refractivity contribution < 1.29 is 19.4 Å². The Morgan fingerprint density at radius 1 is 0.926 bits per heavy atom. The molecular formula is C22H31NO4. The zero-order chi connectivity index (χ0) is 19.1. The van der Waals surface area contributed by atoms with Crippen molar-refractivity contribution in [2.24, 2.45) is 17.8 Å². The number of ether oxygens (including phenoxy) is 1. The first kappa shape index (κ1) is 19.7. The Hall–Kier alpha value is -2.04. The number of carboxylic acids is 1. The number of carbonyl (C=O) groups excluding carboxylic acids is 1. The summed E-state index contributed by atoms with van der Waals surface area (Å²) >= 11 is 0. The van der Waals surface area contributed by atoms with Crippen LogP contribution >= 0.6 is 0 Å². The van der Waals surface area contributed by atoms with E-state index in [2.05, 4.69) is 5.32 Å². The quantitative estimate of drug-likeness (QED) is 0.715. The summed E-state index contributed by atoms with van der Waals surface area (Å²) in [5, 5.41) is 12.2. The van der Waals surface area contributed by atoms with Crippen LogP contribution in [0.15, 0.2) is 24.3 Å². The van der Waals surface area contributed by atoms with Crippen molar-refractivity contribution in [3.05, 3.63) is 24.3 Å². The van der Waals surface area contributed by atoms with Gasteiger partial charge in [0.15, 0.2) is 0 Å². The minimum Gasteiger partial charge on any atom is -0.494 e. The molecule has 0 spiro atoms. The molecule has 0 bridgehead atoms. The molecule has 1 amide bonds. The molecule has 0 saturated heterocycles. The number of benzene rings is 1. The Morgan fingerprint density at radius 2 is 1.56 bits per heavy atom. The summed E-state index contributed by atoms with van der Waals surface area (Å²) in [5.74, 6) is -0.451. The van der Waals surface area contributed by atoms with Crippen molar-refractivity contribution in [2.75, 3.05) is 11.9 Å². The van der Waals surface area contributed by atoms with Crippen molar-refractivity contribution in [3.63, 3.8) is 0 Å². The predicted molar refractivity (Wildman–Crippen MR) is 105 cm³/mol. The average molecular weight is 373 g/mol. The van der Waals surface area contributed by atoms with E-state index in [9.17, 15) is 14.7 Å². The molecule has 5 heteroatoms. The van der Waals surface area contributed by atoms with E-state index in [1.165, 1.54) is 32.1 Å². The van der Waals surface area contributed by atoms with Crippen molar-refractivity contribution in [1.29, 1.82) is 0 Å². The van der Waals surface area contributed by atoms with Gasteiger partial charge in [-0.05, 0) is 49.4 Å². The number of carbonyl (C=O) groups is 2. The number of anilines is 1. The first-order chi connectivity index (χ1) is 13.1. The molecule has 148 valence electrons. The van der Waals surface area contributed by atoms with E-state index in [1.54, 1.807) is 0 Å². The molecule has 0 aromatic heterocycles. The Bertz CT molecular complexity index is 622. The summed E-state index contributed by atoms with van der Waals surface area (Å²) in [5.41, 5.74) is 0.689. The number of hydrogen-bond acceptors (Lipinski definition) is 3. The van der Waals surface area contributed by atoms with E-state index in [4.69, 9.17) is 4.74 Å². The van der Waals surface area contributed by atoms with Crippen LogP contribution in [0.25, 0.3) is 0 Å². The molecule has 2 N–H and O–H groups in total. The smallest absolute Gasteiger partial charge is 0.307 e. The third-order valence-corrected chi connectivity index (χ3v) is 6.06. The van der Waals surface area contributed by atoms with E-state index in [0.717, 1.165) is 37.5 Å². The fraction of sp³-hybridized carbons (Fsp3) is 0.636. The Labute approximate surface area is 161 Å². The van der Waals surface area contributed by atoms with Crippen LogP contribution in [0, 0.1) is 17.8 Å². The first-order valence-electron chi connectivity index (χ1n) is 10.4. The van der Waals surface area contributed by atoms with Crippen LogP contribution < -0.4 is 10.1 Å². The van der Waals surface area contributed by atoms with Gasteiger partial charge in [-0.2, -0.15) is 0 Å². The van der Waals surface area contributed by atoms with E-state index in [1.807, 2.05) is 24.3 Å². The fourth-order valence-electron chi connectivity index (χ4n) is 4.43. The van der Waals surface area contributed by atoms with Crippen molar-refractivity contribution >= 4 is 17.6 Å². The van der Waals surface area contributed by atoms with Crippen LogP contribution in [-0.4, -0.2) is 23.6 Å². The van der Waals surface area contributed by atoms with Gasteiger partial charge in [-0.3, -0.25) is 9.59 Å². The zero-order valence-corrected chi connectivity index (χ0v) is 16.0. The van der Waals surface area contributed by atoms with Gasteiger partial charge in [-0.1, -0.05) is 44.9 Å². The van der Waals surface area contributed by atoms with Crippen LogP contribution in [-0.2, 0) is 9.59 Å². The summed E-state index contributed by atoms with van der Waals surface area (Å²) in [7, 11) is 0. The molecule has 0 unspecified atom stereocenters. The molecule has 2 aliphatic rings.